The highest BCUT2D eigenvalue weighted by Gasteiger charge is 2.27. The molecule has 0 saturated carbocycles. The van der Waals surface area contributed by atoms with Crippen LogP contribution in [0.4, 0.5) is 0 Å². The third kappa shape index (κ3) is 2.94. The van der Waals surface area contributed by atoms with Crippen LogP contribution in [-0.2, 0) is 4.79 Å². The summed E-state index contributed by atoms with van der Waals surface area (Å²) < 4.78 is 0. The maximum atomic E-state index is 12.0. The first-order valence-electron chi connectivity index (χ1n) is 6.68. The number of hydrogen-bond acceptors (Lipinski definition) is 4. The Morgan fingerprint density at radius 3 is 2.60 bits per heavy atom. The fraction of sp³-hybridized carbons (Fsp3) is 0.333. The summed E-state index contributed by atoms with van der Waals surface area (Å²) in [5.74, 6) is -0.106. The van der Waals surface area contributed by atoms with E-state index in [-0.39, 0.29) is 5.91 Å². The number of thioether (sulfide) groups is 2. The number of benzene rings is 1. The SMILES string of the molecule is CSc1ccc(/C=C2/SC(N3CCCC3)=NC2=O)cc1. The smallest absolute Gasteiger partial charge is 0.286 e. The summed E-state index contributed by atoms with van der Waals surface area (Å²) in [5, 5.41) is 0.875. The number of nitrogens with zero attached hydrogens (tertiary/aromatic N) is 2. The Labute approximate surface area is 127 Å². The third-order valence-electron chi connectivity index (χ3n) is 3.40. The molecule has 2 aliphatic rings. The fourth-order valence-corrected chi connectivity index (χ4v) is 3.67. The standard InChI is InChI=1S/C15H16N2OS2/c1-19-12-6-4-11(5-7-12)10-13-14(18)16-15(20-13)17-8-2-3-9-17/h4-7,10H,2-3,8-9H2,1H3/b13-10+. The van der Waals surface area contributed by atoms with Crippen molar-refractivity contribution >= 4 is 40.7 Å². The average molecular weight is 304 g/mol. The number of carbonyl (C=O) groups is 1. The van der Waals surface area contributed by atoms with E-state index in [0.29, 0.717) is 0 Å². The van der Waals surface area contributed by atoms with Gasteiger partial charge in [0.05, 0.1) is 4.91 Å². The highest BCUT2D eigenvalue weighted by Crippen LogP contribution is 2.31. The summed E-state index contributed by atoms with van der Waals surface area (Å²) in [6, 6.07) is 8.23. The van der Waals surface area contributed by atoms with Gasteiger partial charge in [-0.1, -0.05) is 12.1 Å². The molecular weight excluding hydrogens is 288 g/mol. The van der Waals surface area contributed by atoms with Gasteiger partial charge in [-0.15, -0.1) is 11.8 Å². The van der Waals surface area contributed by atoms with Gasteiger partial charge in [-0.2, -0.15) is 4.99 Å². The minimum absolute atomic E-state index is 0.106. The first-order valence-corrected chi connectivity index (χ1v) is 8.72. The van der Waals surface area contributed by atoms with Crippen LogP contribution < -0.4 is 0 Å². The number of aliphatic imine (C=N–C) groups is 1. The monoisotopic (exact) mass is 304 g/mol. The van der Waals surface area contributed by atoms with E-state index in [2.05, 4.69) is 28.3 Å². The first kappa shape index (κ1) is 13.8. The Hall–Kier alpha value is -1.20. The molecule has 1 aromatic rings. The minimum atomic E-state index is -0.106. The summed E-state index contributed by atoms with van der Waals surface area (Å²) in [6.45, 7) is 2.05. The van der Waals surface area contributed by atoms with Crippen LogP contribution in [0.25, 0.3) is 6.08 Å². The predicted molar refractivity (Wildman–Crippen MR) is 87.0 cm³/mol. The van der Waals surface area contributed by atoms with Crippen LogP contribution in [0.15, 0.2) is 39.1 Å². The highest BCUT2D eigenvalue weighted by molar-refractivity contribution is 8.18. The normalized spacial score (nSPS) is 20.9. The summed E-state index contributed by atoms with van der Waals surface area (Å²) in [4.78, 5) is 20.3. The van der Waals surface area contributed by atoms with E-state index in [9.17, 15) is 4.79 Å². The van der Waals surface area contributed by atoms with Gasteiger partial charge in [-0.25, -0.2) is 0 Å². The van der Waals surface area contributed by atoms with Crippen LogP contribution in [0.2, 0.25) is 0 Å². The van der Waals surface area contributed by atoms with Gasteiger partial charge in [-0.05, 0) is 54.6 Å². The molecule has 1 aromatic carbocycles. The molecule has 0 radical (unpaired) electrons. The number of likely N-dealkylation sites (tertiary alicyclic amines) is 1. The van der Waals surface area contributed by atoms with Crippen molar-refractivity contribution in [2.45, 2.75) is 17.7 Å². The number of amidine groups is 1. The molecule has 1 saturated heterocycles. The molecule has 0 spiro atoms. The number of rotatable bonds is 2. The summed E-state index contributed by atoms with van der Waals surface area (Å²) in [5.41, 5.74) is 1.05. The van der Waals surface area contributed by atoms with Crippen molar-refractivity contribution in [1.82, 2.24) is 4.90 Å². The molecule has 5 heteroatoms. The maximum Gasteiger partial charge on any atom is 0.286 e. The average Bonchev–Trinajstić information content (AvgIpc) is 3.10. The molecular formula is C15H16N2OS2. The molecule has 3 nitrogen and oxygen atoms in total. The van der Waals surface area contributed by atoms with E-state index in [1.165, 1.54) is 29.5 Å². The Bertz CT molecular complexity index is 572. The lowest BCUT2D eigenvalue weighted by molar-refractivity contribution is -0.113. The summed E-state index contributed by atoms with van der Waals surface area (Å²) >= 11 is 3.22. The summed E-state index contributed by atoms with van der Waals surface area (Å²) in [7, 11) is 0. The van der Waals surface area contributed by atoms with Crippen molar-refractivity contribution in [3.63, 3.8) is 0 Å². The lowest BCUT2D eigenvalue weighted by Crippen LogP contribution is -2.23. The molecule has 20 heavy (non-hydrogen) atoms. The van der Waals surface area contributed by atoms with Gasteiger partial charge in [0, 0.05) is 18.0 Å². The van der Waals surface area contributed by atoms with E-state index in [1.54, 1.807) is 11.8 Å². The van der Waals surface area contributed by atoms with Crippen molar-refractivity contribution in [2.24, 2.45) is 4.99 Å². The molecule has 0 bridgehead atoms. The zero-order valence-corrected chi connectivity index (χ0v) is 13.0. The summed E-state index contributed by atoms with van der Waals surface area (Å²) in [6.07, 6.45) is 6.38. The fourth-order valence-electron chi connectivity index (χ4n) is 2.29. The molecule has 0 atom stereocenters. The van der Waals surface area contributed by atoms with E-state index < -0.39 is 0 Å². The Morgan fingerprint density at radius 2 is 1.95 bits per heavy atom. The Kier molecular flexibility index (Phi) is 4.17. The van der Waals surface area contributed by atoms with E-state index in [1.807, 2.05) is 18.2 Å². The first-order chi connectivity index (χ1) is 9.76. The van der Waals surface area contributed by atoms with Gasteiger partial charge in [-0.3, -0.25) is 4.79 Å². The van der Waals surface area contributed by atoms with Crippen molar-refractivity contribution in [1.29, 1.82) is 0 Å². The van der Waals surface area contributed by atoms with Crippen LogP contribution in [0.5, 0.6) is 0 Å². The van der Waals surface area contributed by atoms with E-state index in [0.717, 1.165) is 28.7 Å². The Balaban J connectivity index is 1.74. The third-order valence-corrected chi connectivity index (χ3v) is 5.19. The lowest BCUT2D eigenvalue weighted by Gasteiger charge is -2.14. The van der Waals surface area contributed by atoms with Gasteiger partial charge in [0.1, 0.15) is 0 Å². The maximum absolute atomic E-state index is 12.0. The van der Waals surface area contributed by atoms with Gasteiger partial charge < -0.3 is 4.90 Å². The molecule has 2 heterocycles. The van der Waals surface area contributed by atoms with Crippen LogP contribution in [0, 0.1) is 0 Å². The minimum Gasteiger partial charge on any atom is -0.351 e. The van der Waals surface area contributed by atoms with Crippen molar-refractivity contribution in [3.05, 3.63) is 34.7 Å². The van der Waals surface area contributed by atoms with Crippen molar-refractivity contribution in [2.75, 3.05) is 19.3 Å². The second-order valence-corrected chi connectivity index (χ2v) is 6.67. The molecule has 0 unspecified atom stereocenters. The molecule has 1 fully saturated rings. The molecule has 3 rings (SSSR count). The lowest BCUT2D eigenvalue weighted by atomic mass is 10.2. The highest BCUT2D eigenvalue weighted by atomic mass is 32.2. The number of carbonyl (C=O) groups excluding carboxylic acids is 1. The van der Waals surface area contributed by atoms with Crippen LogP contribution in [-0.4, -0.2) is 35.3 Å². The molecule has 2 aliphatic heterocycles. The topological polar surface area (TPSA) is 32.7 Å². The van der Waals surface area contributed by atoms with E-state index >= 15 is 0 Å². The van der Waals surface area contributed by atoms with Crippen molar-refractivity contribution < 1.29 is 4.79 Å². The predicted octanol–water partition coefficient (Wildman–Crippen LogP) is 3.47. The van der Waals surface area contributed by atoms with Crippen LogP contribution in [0.1, 0.15) is 18.4 Å². The molecule has 104 valence electrons. The van der Waals surface area contributed by atoms with Crippen molar-refractivity contribution in [3.8, 4) is 0 Å². The molecule has 0 aliphatic carbocycles. The van der Waals surface area contributed by atoms with Crippen LogP contribution in [0.3, 0.4) is 0 Å². The second-order valence-electron chi connectivity index (χ2n) is 4.78. The molecule has 0 aromatic heterocycles. The second kappa shape index (κ2) is 6.06. The van der Waals surface area contributed by atoms with Gasteiger partial charge in [0.15, 0.2) is 5.17 Å². The van der Waals surface area contributed by atoms with Gasteiger partial charge in [0.2, 0.25) is 0 Å². The van der Waals surface area contributed by atoms with Crippen LogP contribution >= 0.6 is 23.5 Å². The molecule has 0 N–H and O–H groups in total. The zero-order valence-electron chi connectivity index (χ0n) is 11.3. The molecule has 1 amide bonds. The quantitative estimate of drug-likeness (QED) is 0.618. The van der Waals surface area contributed by atoms with Gasteiger partial charge >= 0.3 is 0 Å². The number of hydrogen-bond donors (Lipinski definition) is 0. The number of amides is 1. The Morgan fingerprint density at radius 1 is 1.25 bits per heavy atom. The van der Waals surface area contributed by atoms with Gasteiger partial charge in [0.25, 0.3) is 5.91 Å². The zero-order chi connectivity index (χ0) is 13.9. The largest absolute Gasteiger partial charge is 0.351 e. The van der Waals surface area contributed by atoms with E-state index in [4.69, 9.17) is 0 Å².